The maximum Gasteiger partial charge on any atom is 0.237 e. The van der Waals surface area contributed by atoms with Crippen molar-refractivity contribution in [3.8, 4) is 0 Å². The topological polar surface area (TPSA) is 37.4 Å². The molecule has 1 saturated heterocycles. The molecule has 0 radical (unpaired) electrons. The monoisotopic (exact) mass is 263 g/mol. The smallest absolute Gasteiger partial charge is 0.237 e. The predicted molar refractivity (Wildman–Crippen MR) is 71.3 cm³/mol. The van der Waals surface area contributed by atoms with E-state index in [0.717, 1.165) is 6.42 Å². The molecule has 1 heterocycles. The average molecular weight is 263 g/mol. The Balaban J connectivity index is 2.23. The van der Waals surface area contributed by atoms with Gasteiger partial charge < -0.3 is 4.90 Å². The van der Waals surface area contributed by atoms with Crippen molar-refractivity contribution in [3.05, 3.63) is 30.1 Å². The van der Waals surface area contributed by atoms with Gasteiger partial charge in [0.1, 0.15) is 11.6 Å². The zero-order valence-corrected chi connectivity index (χ0v) is 11.2. The van der Waals surface area contributed by atoms with Crippen LogP contribution < -0.4 is 4.90 Å². The molecule has 1 aliphatic heterocycles. The summed E-state index contributed by atoms with van der Waals surface area (Å²) in [5.41, 5.74) is 0.534. The third-order valence-electron chi connectivity index (χ3n) is 3.47. The highest BCUT2D eigenvalue weighted by atomic mass is 19.1. The summed E-state index contributed by atoms with van der Waals surface area (Å²) in [5, 5.41) is 0. The van der Waals surface area contributed by atoms with E-state index in [1.807, 2.05) is 0 Å². The first-order valence-corrected chi connectivity index (χ1v) is 6.61. The highest BCUT2D eigenvalue weighted by molar-refractivity contribution is 6.09. The van der Waals surface area contributed by atoms with Crippen LogP contribution in [0.15, 0.2) is 24.3 Å². The lowest BCUT2D eigenvalue weighted by atomic mass is 9.87. The third kappa shape index (κ3) is 2.83. The van der Waals surface area contributed by atoms with Crippen LogP contribution in [0.4, 0.5) is 10.1 Å². The Kier molecular flexibility index (Phi) is 3.98. The number of anilines is 1. The van der Waals surface area contributed by atoms with E-state index in [1.165, 1.54) is 17.0 Å². The number of Topliss-reactive ketones (excluding diaryl/α,β-unsaturated/α-hetero) is 1. The van der Waals surface area contributed by atoms with Gasteiger partial charge in [0, 0.05) is 18.2 Å². The van der Waals surface area contributed by atoms with Gasteiger partial charge in [-0.15, -0.1) is 0 Å². The van der Waals surface area contributed by atoms with E-state index in [-0.39, 0.29) is 23.4 Å². The molecule has 0 aromatic heterocycles. The standard InChI is InChI=1S/C15H18FNO2/c1-10(2)14(18)13-7-4-8-17(15(13)19)12-6-3-5-11(16)9-12/h3,5-6,9-10,13H,4,7-8H2,1-2H3/t13-/m1/s1. The van der Waals surface area contributed by atoms with Crippen LogP contribution in [0.5, 0.6) is 0 Å². The minimum absolute atomic E-state index is 0.0221. The molecular weight excluding hydrogens is 245 g/mol. The van der Waals surface area contributed by atoms with E-state index in [9.17, 15) is 14.0 Å². The normalized spacial score (nSPS) is 19.9. The largest absolute Gasteiger partial charge is 0.312 e. The van der Waals surface area contributed by atoms with Crippen LogP contribution in [0.25, 0.3) is 0 Å². The molecule has 1 aliphatic rings. The highest BCUT2D eigenvalue weighted by Gasteiger charge is 2.35. The fourth-order valence-electron chi connectivity index (χ4n) is 2.44. The second-order valence-corrected chi connectivity index (χ2v) is 5.22. The molecule has 1 aromatic carbocycles. The van der Waals surface area contributed by atoms with Crippen LogP contribution in [0.3, 0.4) is 0 Å². The number of nitrogens with zero attached hydrogens (tertiary/aromatic N) is 1. The van der Waals surface area contributed by atoms with Crippen molar-refractivity contribution < 1.29 is 14.0 Å². The fourth-order valence-corrected chi connectivity index (χ4v) is 2.44. The Bertz CT molecular complexity index is 499. The van der Waals surface area contributed by atoms with Crippen LogP contribution in [0.2, 0.25) is 0 Å². The predicted octanol–water partition coefficient (Wildman–Crippen LogP) is 2.79. The van der Waals surface area contributed by atoms with Gasteiger partial charge in [-0.1, -0.05) is 19.9 Å². The maximum atomic E-state index is 13.2. The minimum Gasteiger partial charge on any atom is -0.312 e. The van der Waals surface area contributed by atoms with E-state index in [2.05, 4.69) is 0 Å². The lowest BCUT2D eigenvalue weighted by Gasteiger charge is -2.32. The van der Waals surface area contributed by atoms with Crippen LogP contribution in [-0.2, 0) is 9.59 Å². The van der Waals surface area contributed by atoms with Gasteiger partial charge in [-0.05, 0) is 31.0 Å². The number of piperidine rings is 1. The summed E-state index contributed by atoms with van der Waals surface area (Å²) in [6.45, 7) is 4.15. The van der Waals surface area contributed by atoms with Gasteiger partial charge in [0.25, 0.3) is 0 Å². The number of hydrogen-bond donors (Lipinski definition) is 0. The molecule has 3 nitrogen and oxygen atoms in total. The molecule has 0 spiro atoms. The van der Waals surface area contributed by atoms with Crippen molar-refractivity contribution in [2.24, 2.45) is 11.8 Å². The van der Waals surface area contributed by atoms with Crippen molar-refractivity contribution in [2.75, 3.05) is 11.4 Å². The number of benzene rings is 1. The zero-order valence-electron chi connectivity index (χ0n) is 11.2. The summed E-state index contributed by atoms with van der Waals surface area (Å²) in [6, 6.07) is 5.95. The van der Waals surface area contributed by atoms with Gasteiger partial charge in [-0.25, -0.2) is 4.39 Å². The van der Waals surface area contributed by atoms with Gasteiger partial charge in [0.2, 0.25) is 5.91 Å². The Morgan fingerprint density at radius 3 is 2.79 bits per heavy atom. The Hall–Kier alpha value is -1.71. The average Bonchev–Trinajstić information content (AvgIpc) is 2.38. The highest BCUT2D eigenvalue weighted by Crippen LogP contribution is 2.27. The summed E-state index contributed by atoms with van der Waals surface area (Å²) in [6.07, 6.45) is 1.37. The summed E-state index contributed by atoms with van der Waals surface area (Å²) in [4.78, 5) is 25.9. The Morgan fingerprint density at radius 2 is 2.16 bits per heavy atom. The summed E-state index contributed by atoms with van der Waals surface area (Å²) < 4.78 is 13.2. The van der Waals surface area contributed by atoms with E-state index in [1.54, 1.807) is 26.0 Å². The molecule has 102 valence electrons. The summed E-state index contributed by atoms with van der Waals surface area (Å²) in [7, 11) is 0. The molecule has 1 atom stereocenters. The van der Waals surface area contributed by atoms with Crippen molar-refractivity contribution in [1.82, 2.24) is 0 Å². The van der Waals surface area contributed by atoms with Crippen molar-refractivity contribution in [1.29, 1.82) is 0 Å². The fraction of sp³-hybridized carbons (Fsp3) is 0.467. The van der Waals surface area contributed by atoms with E-state index < -0.39 is 5.92 Å². The van der Waals surface area contributed by atoms with Crippen LogP contribution in [0.1, 0.15) is 26.7 Å². The van der Waals surface area contributed by atoms with Crippen LogP contribution in [-0.4, -0.2) is 18.2 Å². The quantitative estimate of drug-likeness (QED) is 0.786. The van der Waals surface area contributed by atoms with Gasteiger partial charge in [-0.2, -0.15) is 0 Å². The molecule has 0 saturated carbocycles. The molecule has 1 aromatic rings. The molecule has 0 N–H and O–H groups in total. The van der Waals surface area contributed by atoms with E-state index in [0.29, 0.717) is 18.7 Å². The first-order valence-electron chi connectivity index (χ1n) is 6.61. The van der Waals surface area contributed by atoms with Gasteiger partial charge in [0.15, 0.2) is 0 Å². The van der Waals surface area contributed by atoms with Gasteiger partial charge >= 0.3 is 0 Å². The van der Waals surface area contributed by atoms with Crippen molar-refractivity contribution >= 4 is 17.4 Å². The number of carbonyl (C=O) groups excluding carboxylic acids is 2. The van der Waals surface area contributed by atoms with Gasteiger partial charge in [0.05, 0.1) is 5.92 Å². The number of hydrogen-bond acceptors (Lipinski definition) is 2. The maximum absolute atomic E-state index is 13.2. The first kappa shape index (κ1) is 13.7. The SMILES string of the molecule is CC(C)C(=O)[C@H]1CCCN(c2cccc(F)c2)C1=O. The minimum atomic E-state index is -0.572. The van der Waals surface area contributed by atoms with Gasteiger partial charge in [-0.3, -0.25) is 9.59 Å². The molecular formula is C15H18FNO2. The van der Waals surface area contributed by atoms with Crippen LogP contribution >= 0.6 is 0 Å². The second-order valence-electron chi connectivity index (χ2n) is 5.22. The van der Waals surface area contributed by atoms with E-state index >= 15 is 0 Å². The number of rotatable bonds is 3. The summed E-state index contributed by atoms with van der Waals surface area (Å²) >= 11 is 0. The molecule has 4 heteroatoms. The molecule has 0 aliphatic carbocycles. The lowest BCUT2D eigenvalue weighted by Crippen LogP contribution is -2.45. The summed E-state index contributed by atoms with van der Waals surface area (Å²) in [5.74, 6) is -1.32. The van der Waals surface area contributed by atoms with Crippen molar-refractivity contribution in [2.45, 2.75) is 26.7 Å². The lowest BCUT2D eigenvalue weighted by molar-refractivity contribution is -0.135. The molecule has 1 amide bonds. The first-order chi connectivity index (χ1) is 9.00. The Labute approximate surface area is 112 Å². The molecule has 2 rings (SSSR count). The molecule has 19 heavy (non-hydrogen) atoms. The second kappa shape index (κ2) is 5.51. The van der Waals surface area contributed by atoms with E-state index in [4.69, 9.17) is 0 Å². The molecule has 0 bridgehead atoms. The van der Waals surface area contributed by atoms with Crippen molar-refractivity contribution in [3.63, 3.8) is 0 Å². The number of amides is 1. The zero-order chi connectivity index (χ0) is 14.0. The molecule has 0 unspecified atom stereocenters. The third-order valence-corrected chi connectivity index (χ3v) is 3.47. The van der Waals surface area contributed by atoms with Crippen LogP contribution in [0, 0.1) is 17.7 Å². The number of carbonyl (C=O) groups is 2. The Morgan fingerprint density at radius 1 is 1.42 bits per heavy atom. The number of halogens is 1. The molecule has 1 fully saturated rings. The number of ketones is 1.